The highest BCUT2D eigenvalue weighted by Gasteiger charge is 2.35. The molecule has 0 atom stereocenters. The molecule has 9 heteroatoms. The van der Waals surface area contributed by atoms with Gasteiger partial charge in [0.25, 0.3) is 0 Å². The van der Waals surface area contributed by atoms with Gasteiger partial charge in [0.15, 0.2) is 5.65 Å². The zero-order chi connectivity index (χ0) is 19.9. The largest absolute Gasteiger partial charge is 0.417 e. The summed E-state index contributed by atoms with van der Waals surface area (Å²) in [6.07, 6.45) is -4.56. The molecule has 0 fully saturated rings. The van der Waals surface area contributed by atoms with Gasteiger partial charge in [-0.15, -0.1) is 0 Å². The monoisotopic (exact) mass is 380 g/mol. The van der Waals surface area contributed by atoms with Crippen LogP contribution in [0.15, 0.2) is 24.3 Å². The smallest absolute Gasteiger partial charge is 0.324 e. The summed E-state index contributed by atoms with van der Waals surface area (Å²) in [7, 11) is 0. The number of amides is 1. The number of benzene rings is 1. The van der Waals surface area contributed by atoms with E-state index in [-0.39, 0.29) is 29.0 Å². The fourth-order valence-electron chi connectivity index (χ4n) is 2.91. The van der Waals surface area contributed by atoms with Crippen molar-refractivity contribution < 1.29 is 22.4 Å². The Bertz CT molecular complexity index is 1040. The maximum atomic E-state index is 13.3. The van der Waals surface area contributed by atoms with Gasteiger partial charge in [-0.3, -0.25) is 4.79 Å². The topological polar surface area (TPSA) is 59.8 Å². The molecule has 27 heavy (non-hydrogen) atoms. The molecule has 2 heterocycles. The third kappa shape index (κ3) is 3.76. The van der Waals surface area contributed by atoms with Gasteiger partial charge in [0.2, 0.25) is 5.91 Å². The van der Waals surface area contributed by atoms with Crippen molar-refractivity contribution in [2.24, 2.45) is 0 Å². The van der Waals surface area contributed by atoms with Crippen LogP contribution >= 0.6 is 0 Å². The Morgan fingerprint density at radius 2 is 1.89 bits per heavy atom. The van der Waals surface area contributed by atoms with Gasteiger partial charge in [0, 0.05) is 11.4 Å². The molecule has 0 spiro atoms. The first-order chi connectivity index (χ1) is 12.6. The zero-order valence-electron chi connectivity index (χ0n) is 14.8. The van der Waals surface area contributed by atoms with Crippen LogP contribution in [-0.4, -0.2) is 20.7 Å². The molecular weight excluding hydrogens is 364 g/mol. The number of fused-ring (bicyclic) bond motifs is 1. The molecule has 0 bridgehead atoms. The number of nitrogens with zero attached hydrogens (tertiary/aromatic N) is 3. The summed E-state index contributed by atoms with van der Waals surface area (Å²) in [5.41, 5.74) is 0.406. The highest BCUT2D eigenvalue weighted by atomic mass is 19.4. The summed E-state index contributed by atoms with van der Waals surface area (Å²) in [5, 5.41) is 6.53. The van der Waals surface area contributed by atoms with E-state index in [1.165, 1.54) is 32.0 Å². The number of carbonyl (C=O) groups excluding carboxylic acids is 1. The van der Waals surface area contributed by atoms with Gasteiger partial charge in [-0.05, 0) is 50.6 Å². The number of rotatable bonds is 3. The van der Waals surface area contributed by atoms with Crippen LogP contribution in [0.5, 0.6) is 0 Å². The van der Waals surface area contributed by atoms with Crippen LogP contribution in [0.2, 0.25) is 0 Å². The molecule has 0 unspecified atom stereocenters. The van der Waals surface area contributed by atoms with Gasteiger partial charge in [0.05, 0.1) is 16.6 Å². The van der Waals surface area contributed by atoms with Crippen LogP contribution < -0.4 is 5.32 Å². The molecule has 0 aliphatic carbocycles. The minimum atomic E-state index is -4.56. The summed E-state index contributed by atoms with van der Waals surface area (Å²) in [5.74, 6) is -0.940. The summed E-state index contributed by atoms with van der Waals surface area (Å²) < 4.78 is 54.3. The molecule has 0 aliphatic rings. The number of nitrogens with one attached hydrogen (secondary N) is 1. The number of aryl methyl sites for hydroxylation is 3. The number of halogens is 4. The number of carbonyl (C=O) groups is 1. The molecule has 0 aliphatic heterocycles. The quantitative estimate of drug-likeness (QED) is 0.695. The average molecular weight is 380 g/mol. The van der Waals surface area contributed by atoms with Gasteiger partial charge < -0.3 is 5.32 Å². The normalized spacial score (nSPS) is 11.8. The minimum absolute atomic E-state index is 0.00852. The summed E-state index contributed by atoms with van der Waals surface area (Å²) in [4.78, 5) is 16.5. The maximum Gasteiger partial charge on any atom is 0.417 e. The van der Waals surface area contributed by atoms with Crippen LogP contribution in [0, 0.1) is 26.6 Å². The maximum absolute atomic E-state index is 13.3. The van der Waals surface area contributed by atoms with E-state index in [0.29, 0.717) is 11.3 Å². The Labute approximate surface area is 152 Å². The van der Waals surface area contributed by atoms with E-state index < -0.39 is 23.5 Å². The van der Waals surface area contributed by atoms with Crippen molar-refractivity contribution in [3.63, 3.8) is 0 Å². The number of hydrogen-bond donors (Lipinski definition) is 1. The lowest BCUT2D eigenvalue weighted by molar-refractivity contribution is -0.136. The Morgan fingerprint density at radius 3 is 2.52 bits per heavy atom. The fraction of sp³-hybridized carbons (Fsp3) is 0.278. The lowest BCUT2D eigenvalue weighted by Crippen LogP contribution is -2.20. The van der Waals surface area contributed by atoms with Crippen LogP contribution in [0.25, 0.3) is 11.0 Å². The molecule has 3 aromatic rings. The highest BCUT2D eigenvalue weighted by molar-refractivity contribution is 5.92. The lowest BCUT2D eigenvalue weighted by Gasteiger charge is -2.11. The predicted molar refractivity (Wildman–Crippen MR) is 91.8 cm³/mol. The van der Waals surface area contributed by atoms with E-state index in [4.69, 9.17) is 0 Å². The SMILES string of the molecule is Cc1cc(C(F)(F)F)c2c(C)nn(CC(=O)Nc3ccc(F)cc3C)c2n1. The molecule has 0 radical (unpaired) electrons. The van der Waals surface area contributed by atoms with E-state index in [9.17, 15) is 22.4 Å². The van der Waals surface area contributed by atoms with Gasteiger partial charge in [-0.2, -0.15) is 18.3 Å². The summed E-state index contributed by atoms with van der Waals surface area (Å²) in [6.45, 7) is 4.19. The Morgan fingerprint density at radius 1 is 1.19 bits per heavy atom. The molecule has 5 nitrogen and oxygen atoms in total. The van der Waals surface area contributed by atoms with E-state index in [1.807, 2.05) is 0 Å². The molecule has 0 saturated heterocycles. The van der Waals surface area contributed by atoms with Crippen molar-refractivity contribution in [3.8, 4) is 0 Å². The van der Waals surface area contributed by atoms with Gasteiger partial charge in [0.1, 0.15) is 12.4 Å². The fourth-order valence-corrected chi connectivity index (χ4v) is 2.91. The van der Waals surface area contributed by atoms with Crippen LogP contribution in [0.1, 0.15) is 22.5 Å². The molecule has 1 amide bonds. The van der Waals surface area contributed by atoms with Crippen LogP contribution in [-0.2, 0) is 17.5 Å². The van der Waals surface area contributed by atoms with E-state index in [0.717, 1.165) is 10.7 Å². The number of pyridine rings is 1. The second-order valence-electron chi connectivity index (χ2n) is 6.26. The summed E-state index contributed by atoms with van der Waals surface area (Å²) >= 11 is 0. The van der Waals surface area contributed by atoms with Crippen molar-refractivity contribution in [2.45, 2.75) is 33.5 Å². The minimum Gasteiger partial charge on any atom is -0.324 e. The second kappa shape index (κ2) is 6.64. The second-order valence-corrected chi connectivity index (χ2v) is 6.26. The first-order valence-electron chi connectivity index (χ1n) is 8.04. The van der Waals surface area contributed by atoms with Crippen molar-refractivity contribution >= 4 is 22.6 Å². The third-order valence-electron chi connectivity index (χ3n) is 4.07. The Hall–Kier alpha value is -2.97. The predicted octanol–water partition coefficient (Wildman–Crippen LogP) is 4.15. The molecule has 3 rings (SSSR count). The molecule has 2 aromatic heterocycles. The van der Waals surface area contributed by atoms with Crippen molar-refractivity contribution in [1.29, 1.82) is 0 Å². The Kier molecular flexibility index (Phi) is 4.63. The van der Waals surface area contributed by atoms with Crippen LogP contribution in [0.3, 0.4) is 0 Å². The number of anilines is 1. The van der Waals surface area contributed by atoms with Crippen molar-refractivity contribution in [3.05, 3.63) is 52.6 Å². The summed E-state index contributed by atoms with van der Waals surface area (Å²) in [6, 6.07) is 4.85. The molecule has 1 N–H and O–H groups in total. The highest BCUT2D eigenvalue weighted by Crippen LogP contribution is 2.36. The number of aromatic nitrogens is 3. The third-order valence-corrected chi connectivity index (χ3v) is 4.07. The zero-order valence-corrected chi connectivity index (χ0v) is 14.8. The Balaban J connectivity index is 1.96. The van der Waals surface area contributed by atoms with Crippen molar-refractivity contribution in [1.82, 2.24) is 14.8 Å². The molecular formula is C18H16F4N4O. The molecule has 0 saturated carbocycles. The standard InChI is InChI=1S/C18H16F4N4O/c1-9-6-12(19)4-5-14(9)24-15(27)8-26-17-16(11(3)25-26)13(18(20,21)22)7-10(2)23-17/h4-7H,8H2,1-3H3,(H,24,27). The molecule has 142 valence electrons. The van der Waals surface area contributed by atoms with E-state index in [2.05, 4.69) is 15.4 Å². The average Bonchev–Trinajstić information content (AvgIpc) is 2.84. The van der Waals surface area contributed by atoms with Crippen molar-refractivity contribution in [2.75, 3.05) is 5.32 Å². The van der Waals surface area contributed by atoms with Gasteiger partial charge in [-0.1, -0.05) is 0 Å². The number of alkyl halides is 3. The lowest BCUT2D eigenvalue weighted by atomic mass is 10.1. The molecule has 1 aromatic carbocycles. The van der Waals surface area contributed by atoms with Crippen LogP contribution in [0.4, 0.5) is 23.2 Å². The van der Waals surface area contributed by atoms with E-state index >= 15 is 0 Å². The van der Waals surface area contributed by atoms with Gasteiger partial charge >= 0.3 is 6.18 Å². The first kappa shape index (κ1) is 18.8. The van der Waals surface area contributed by atoms with E-state index in [1.54, 1.807) is 6.92 Å². The number of hydrogen-bond acceptors (Lipinski definition) is 3. The van der Waals surface area contributed by atoms with Gasteiger partial charge in [-0.25, -0.2) is 14.1 Å². The first-order valence-corrected chi connectivity index (χ1v) is 8.04.